The lowest BCUT2D eigenvalue weighted by Gasteiger charge is -2.18. The third-order valence-electron chi connectivity index (χ3n) is 5.24. The first-order valence-corrected chi connectivity index (χ1v) is 10.8. The number of hydrogen-bond acceptors (Lipinski definition) is 5. The minimum Gasteiger partial charge on any atom is -0.493 e. The van der Waals surface area contributed by atoms with Crippen LogP contribution in [-0.4, -0.2) is 45.8 Å². The number of nitrogens with zero attached hydrogens (tertiary/aromatic N) is 1. The molecule has 1 aliphatic rings. The van der Waals surface area contributed by atoms with Crippen molar-refractivity contribution in [3.8, 4) is 16.9 Å². The lowest BCUT2D eigenvalue weighted by molar-refractivity contribution is -0.192. The van der Waals surface area contributed by atoms with E-state index in [1.54, 1.807) is 12.5 Å². The van der Waals surface area contributed by atoms with E-state index in [1.807, 2.05) is 12.1 Å². The number of aliphatic carboxylic acids is 1. The van der Waals surface area contributed by atoms with Crippen molar-refractivity contribution in [1.82, 2.24) is 15.3 Å². The summed E-state index contributed by atoms with van der Waals surface area (Å²) >= 11 is 0. The fourth-order valence-electron chi connectivity index (χ4n) is 3.40. The molecule has 0 spiro atoms. The van der Waals surface area contributed by atoms with Gasteiger partial charge in [-0.1, -0.05) is 30.3 Å². The lowest BCUT2D eigenvalue weighted by atomic mass is 9.98. The van der Waals surface area contributed by atoms with E-state index in [4.69, 9.17) is 20.4 Å². The fraction of sp³-hybridized carbons (Fsp3) is 0.292. The second kappa shape index (κ2) is 11.5. The van der Waals surface area contributed by atoms with Gasteiger partial charge in [0.1, 0.15) is 5.75 Å². The molecule has 0 unspecified atom stereocenters. The zero-order valence-electron chi connectivity index (χ0n) is 18.6. The number of aromatic amines is 1. The molecule has 0 aliphatic carbocycles. The molecule has 0 saturated carbocycles. The number of carboxylic acid groups (broad SMARTS) is 1. The van der Waals surface area contributed by atoms with Crippen LogP contribution in [0.5, 0.6) is 5.75 Å². The van der Waals surface area contributed by atoms with Crippen LogP contribution in [0.3, 0.4) is 0 Å². The van der Waals surface area contributed by atoms with Gasteiger partial charge < -0.3 is 25.9 Å². The summed E-state index contributed by atoms with van der Waals surface area (Å²) in [6, 6.07) is 14.0. The molecule has 1 aromatic heterocycles. The number of nitrogens with two attached hydrogens (primary N) is 1. The van der Waals surface area contributed by atoms with Gasteiger partial charge >= 0.3 is 12.1 Å². The van der Waals surface area contributed by atoms with Crippen molar-refractivity contribution in [2.24, 2.45) is 5.73 Å². The van der Waals surface area contributed by atoms with Crippen molar-refractivity contribution in [3.63, 3.8) is 0 Å². The van der Waals surface area contributed by atoms with Crippen molar-refractivity contribution < 1.29 is 32.6 Å². The first-order valence-electron chi connectivity index (χ1n) is 10.8. The standard InChI is InChI=1S/C22H24N4O2.C2HF3O2/c23-20(11-19-13-24-14-26-19)22(27)25-12-15-3-5-16(6-4-15)17-7-8-21-18(10-17)2-1-9-28-21;3-2(4,5)1(6)7/h3-8,10,13-14,20H,1-2,9,11-12,23H2,(H,24,26)(H,25,27);(H,6,7)/t20-;/m0./s1. The Morgan fingerprint density at radius 2 is 1.86 bits per heavy atom. The Hall–Kier alpha value is -3.86. The van der Waals surface area contributed by atoms with Gasteiger partial charge in [0.25, 0.3) is 0 Å². The Bertz CT molecular complexity index is 1130. The molecule has 1 amide bonds. The number of carbonyl (C=O) groups excluding carboxylic acids is 1. The molecule has 8 nitrogen and oxygen atoms in total. The van der Waals surface area contributed by atoms with E-state index >= 15 is 0 Å². The van der Waals surface area contributed by atoms with Crippen LogP contribution in [0.2, 0.25) is 0 Å². The second-order valence-corrected chi connectivity index (χ2v) is 7.88. The molecule has 1 atom stereocenters. The van der Waals surface area contributed by atoms with Gasteiger partial charge in [-0.25, -0.2) is 9.78 Å². The maximum Gasteiger partial charge on any atom is 0.490 e. The normalized spacial score (nSPS) is 13.5. The van der Waals surface area contributed by atoms with Crippen LogP contribution >= 0.6 is 0 Å². The zero-order chi connectivity index (χ0) is 25.4. The van der Waals surface area contributed by atoms with Crippen LogP contribution < -0.4 is 15.8 Å². The quantitative estimate of drug-likeness (QED) is 0.420. The molecular formula is C24H25F3N4O4. The Labute approximate surface area is 199 Å². The number of nitrogens with one attached hydrogen (secondary N) is 2. The number of aromatic nitrogens is 2. The van der Waals surface area contributed by atoms with Crippen LogP contribution in [0.15, 0.2) is 55.0 Å². The number of aryl methyl sites for hydroxylation is 1. The molecule has 35 heavy (non-hydrogen) atoms. The highest BCUT2D eigenvalue weighted by molar-refractivity contribution is 5.81. The highest BCUT2D eigenvalue weighted by Crippen LogP contribution is 2.30. The Morgan fingerprint density at radius 3 is 2.49 bits per heavy atom. The summed E-state index contributed by atoms with van der Waals surface area (Å²) in [5.41, 5.74) is 11.4. The predicted molar refractivity (Wildman–Crippen MR) is 121 cm³/mol. The van der Waals surface area contributed by atoms with Crippen LogP contribution in [0, 0.1) is 0 Å². The van der Waals surface area contributed by atoms with Crippen LogP contribution in [0.4, 0.5) is 13.2 Å². The van der Waals surface area contributed by atoms with Gasteiger partial charge in [-0.3, -0.25) is 4.79 Å². The van der Waals surface area contributed by atoms with Crippen molar-refractivity contribution in [2.45, 2.75) is 38.0 Å². The average molecular weight is 490 g/mol. The number of amides is 1. The molecule has 2 heterocycles. The van der Waals surface area contributed by atoms with E-state index in [0.29, 0.717) is 13.0 Å². The van der Waals surface area contributed by atoms with Gasteiger partial charge in [-0.15, -0.1) is 0 Å². The van der Waals surface area contributed by atoms with E-state index in [0.717, 1.165) is 42.0 Å². The predicted octanol–water partition coefficient (Wildman–Crippen LogP) is 3.22. The first kappa shape index (κ1) is 25.8. The van der Waals surface area contributed by atoms with Gasteiger partial charge in [0.05, 0.1) is 19.0 Å². The number of alkyl halides is 3. The molecule has 0 saturated heterocycles. The topological polar surface area (TPSA) is 130 Å². The molecule has 186 valence electrons. The molecule has 0 fully saturated rings. The molecule has 1 aliphatic heterocycles. The fourth-order valence-corrected chi connectivity index (χ4v) is 3.40. The van der Waals surface area contributed by atoms with E-state index in [9.17, 15) is 18.0 Å². The maximum atomic E-state index is 12.2. The number of fused-ring (bicyclic) bond motifs is 1. The Kier molecular flexibility index (Phi) is 8.48. The smallest absolute Gasteiger partial charge is 0.490 e. The Balaban J connectivity index is 0.000000429. The summed E-state index contributed by atoms with van der Waals surface area (Å²) in [5, 5.41) is 10.0. The van der Waals surface area contributed by atoms with Gasteiger partial charge in [0, 0.05) is 24.9 Å². The van der Waals surface area contributed by atoms with Gasteiger partial charge in [0.2, 0.25) is 5.91 Å². The maximum absolute atomic E-state index is 12.2. The summed E-state index contributed by atoms with van der Waals surface area (Å²) < 4.78 is 37.4. The van der Waals surface area contributed by atoms with E-state index in [-0.39, 0.29) is 5.91 Å². The number of benzene rings is 2. The highest BCUT2D eigenvalue weighted by Gasteiger charge is 2.38. The molecule has 11 heteroatoms. The molecular weight excluding hydrogens is 465 g/mol. The number of ether oxygens (including phenoxy) is 1. The number of halogens is 3. The largest absolute Gasteiger partial charge is 0.493 e. The zero-order valence-corrected chi connectivity index (χ0v) is 18.6. The third-order valence-corrected chi connectivity index (χ3v) is 5.24. The van der Waals surface area contributed by atoms with E-state index < -0.39 is 18.2 Å². The van der Waals surface area contributed by atoms with E-state index in [1.165, 1.54) is 11.1 Å². The Morgan fingerprint density at radius 1 is 1.17 bits per heavy atom. The van der Waals surface area contributed by atoms with Crippen molar-refractivity contribution >= 4 is 11.9 Å². The first-order chi connectivity index (χ1) is 16.6. The molecule has 3 aromatic rings. The van der Waals surface area contributed by atoms with Crippen molar-refractivity contribution in [3.05, 3.63) is 71.8 Å². The van der Waals surface area contributed by atoms with Gasteiger partial charge in [-0.05, 0) is 47.2 Å². The van der Waals surface area contributed by atoms with Gasteiger partial charge in [-0.2, -0.15) is 13.2 Å². The number of rotatable bonds is 6. The molecule has 2 aromatic carbocycles. The minimum atomic E-state index is -5.08. The number of imidazole rings is 1. The molecule has 4 rings (SSSR count). The summed E-state index contributed by atoms with van der Waals surface area (Å²) in [5.74, 6) is -1.93. The minimum absolute atomic E-state index is 0.173. The summed E-state index contributed by atoms with van der Waals surface area (Å²) in [7, 11) is 0. The van der Waals surface area contributed by atoms with Crippen LogP contribution in [-0.2, 0) is 29.0 Å². The number of carbonyl (C=O) groups is 2. The molecule has 0 bridgehead atoms. The highest BCUT2D eigenvalue weighted by atomic mass is 19.4. The van der Waals surface area contributed by atoms with E-state index in [2.05, 4.69) is 45.6 Å². The average Bonchev–Trinajstić information content (AvgIpc) is 3.35. The monoisotopic (exact) mass is 490 g/mol. The second-order valence-electron chi connectivity index (χ2n) is 7.88. The van der Waals surface area contributed by atoms with Gasteiger partial charge in [0.15, 0.2) is 0 Å². The van der Waals surface area contributed by atoms with Crippen molar-refractivity contribution in [2.75, 3.05) is 6.61 Å². The summed E-state index contributed by atoms with van der Waals surface area (Å²) in [4.78, 5) is 28.0. The summed E-state index contributed by atoms with van der Waals surface area (Å²) in [6.45, 7) is 1.26. The summed E-state index contributed by atoms with van der Waals surface area (Å²) in [6.07, 6.45) is 0.742. The third kappa shape index (κ3) is 7.57. The van der Waals surface area contributed by atoms with Crippen molar-refractivity contribution in [1.29, 1.82) is 0 Å². The molecule has 5 N–H and O–H groups in total. The SMILES string of the molecule is N[C@@H](Cc1cnc[nH]1)C(=O)NCc1ccc(-c2ccc3c(c2)CCCO3)cc1.O=C(O)C(F)(F)F. The van der Waals surface area contributed by atoms with Crippen LogP contribution in [0.25, 0.3) is 11.1 Å². The van der Waals surface area contributed by atoms with Crippen LogP contribution in [0.1, 0.15) is 23.2 Å². The number of hydrogen-bond donors (Lipinski definition) is 4. The number of carboxylic acids is 1. The molecule has 0 radical (unpaired) electrons. The lowest BCUT2D eigenvalue weighted by Crippen LogP contribution is -2.41. The number of H-pyrrole nitrogens is 1.